The summed E-state index contributed by atoms with van der Waals surface area (Å²) in [4.78, 5) is 18.0. The van der Waals surface area contributed by atoms with E-state index in [1.165, 1.54) is 10.5 Å². The molecule has 0 bridgehead atoms. The maximum absolute atomic E-state index is 12.1. The molecule has 198 valence electrons. The molecule has 1 saturated carbocycles. The second-order valence-corrected chi connectivity index (χ2v) is 9.45. The molecule has 0 aromatic heterocycles. The Morgan fingerprint density at radius 3 is 2.54 bits per heavy atom. The summed E-state index contributed by atoms with van der Waals surface area (Å²) in [6.45, 7) is 0.229. The lowest BCUT2D eigenvalue weighted by molar-refractivity contribution is -0.492. The number of carbonyl (C=O) groups is 1. The van der Waals surface area contributed by atoms with E-state index in [0.29, 0.717) is 44.9 Å². The lowest BCUT2D eigenvalue weighted by atomic mass is 9.85. The molecule has 9 heteroatoms. The normalized spacial score (nSPS) is 23.3. The first-order chi connectivity index (χ1) is 16.8. The smallest absolute Gasteiger partial charge is 0.222 e. The maximum Gasteiger partial charge on any atom is 0.222 e. The lowest BCUT2D eigenvalue weighted by Gasteiger charge is -2.23. The average molecular weight is 495 g/mol. The molecule has 5 atom stereocenters. The fourth-order valence-electron chi connectivity index (χ4n) is 4.73. The average Bonchev–Trinajstić information content (AvgIpc) is 3.10. The molecular formula is C26H42N2O7. The first-order valence-electron chi connectivity index (χ1n) is 12.6. The van der Waals surface area contributed by atoms with Crippen LogP contribution >= 0.6 is 0 Å². The standard InChI is InChI=1S/C26H42N2O7/c1-27(17-18-35-28(33)34)26(32)12-8-3-2-7-11-22-23(25(31)19-24(22)30)16-15-21(29)14-13-20-9-5-4-6-10-20/h2,4-7,9-10,21-25,29-31,33-34H,3,8,11-19H2,1H3/b7-2-/t21-,22+,23+,24-,25+/m0/s1. The third kappa shape index (κ3) is 11.2. The maximum atomic E-state index is 12.1. The predicted octanol–water partition coefficient (Wildman–Crippen LogP) is 2.71. The van der Waals surface area contributed by atoms with Gasteiger partial charge < -0.3 is 20.2 Å². The van der Waals surface area contributed by atoms with Crippen molar-refractivity contribution in [2.45, 2.75) is 76.1 Å². The molecule has 9 nitrogen and oxygen atoms in total. The summed E-state index contributed by atoms with van der Waals surface area (Å²) in [5.41, 5.74) is 1.20. The van der Waals surface area contributed by atoms with Gasteiger partial charge in [-0.1, -0.05) is 42.5 Å². The number of hydrogen-bond acceptors (Lipinski definition) is 8. The number of aliphatic hydroxyl groups excluding tert-OH is 3. The number of likely N-dealkylation sites (N-methyl/N-ethyl adjacent to an activating group) is 1. The second-order valence-electron chi connectivity index (χ2n) is 9.45. The van der Waals surface area contributed by atoms with Crippen molar-refractivity contribution in [3.05, 3.63) is 48.0 Å². The number of nitrogens with zero attached hydrogens (tertiary/aromatic N) is 2. The number of aryl methyl sites for hydroxylation is 1. The van der Waals surface area contributed by atoms with Gasteiger partial charge in [-0.25, -0.2) is 4.84 Å². The van der Waals surface area contributed by atoms with E-state index in [-0.39, 0.29) is 36.3 Å². The third-order valence-electron chi connectivity index (χ3n) is 6.86. The van der Waals surface area contributed by atoms with Gasteiger partial charge in [-0.2, -0.15) is 0 Å². The van der Waals surface area contributed by atoms with E-state index in [9.17, 15) is 20.1 Å². The Hall–Kier alpha value is -1.85. The summed E-state index contributed by atoms with van der Waals surface area (Å²) in [7, 11) is 1.63. The van der Waals surface area contributed by atoms with E-state index in [4.69, 9.17) is 10.4 Å². The number of allylic oxidation sites excluding steroid dienone is 2. The van der Waals surface area contributed by atoms with Crippen LogP contribution in [0.1, 0.15) is 56.9 Å². The molecule has 1 fully saturated rings. The quantitative estimate of drug-likeness (QED) is 0.135. The number of rotatable bonds is 16. The molecule has 0 radical (unpaired) electrons. The molecule has 35 heavy (non-hydrogen) atoms. The Labute approximate surface area is 208 Å². The summed E-state index contributed by atoms with van der Waals surface area (Å²) in [5.74, 6) is -0.121. The van der Waals surface area contributed by atoms with E-state index in [0.717, 1.165) is 12.8 Å². The van der Waals surface area contributed by atoms with Crippen molar-refractivity contribution in [3.8, 4) is 0 Å². The zero-order valence-electron chi connectivity index (χ0n) is 20.7. The van der Waals surface area contributed by atoms with Gasteiger partial charge in [-0.15, -0.1) is 0 Å². The van der Waals surface area contributed by atoms with Gasteiger partial charge in [-0.05, 0) is 68.8 Å². The van der Waals surface area contributed by atoms with Crippen molar-refractivity contribution in [3.63, 3.8) is 0 Å². The zero-order chi connectivity index (χ0) is 25.6. The molecule has 0 unspecified atom stereocenters. The van der Waals surface area contributed by atoms with Gasteiger partial charge in [0.1, 0.15) is 0 Å². The van der Waals surface area contributed by atoms with E-state index in [1.54, 1.807) is 7.05 Å². The number of carbonyl (C=O) groups excluding carboxylic acids is 1. The van der Waals surface area contributed by atoms with Crippen LogP contribution in [-0.4, -0.2) is 80.4 Å². The largest absolute Gasteiger partial charge is 0.393 e. The third-order valence-corrected chi connectivity index (χ3v) is 6.86. The van der Waals surface area contributed by atoms with Gasteiger partial charge in [0.15, 0.2) is 0 Å². The van der Waals surface area contributed by atoms with Crippen LogP contribution in [0.4, 0.5) is 0 Å². The van der Waals surface area contributed by atoms with Crippen molar-refractivity contribution in [2.24, 2.45) is 11.8 Å². The topological polar surface area (TPSA) is 134 Å². The number of amides is 1. The Morgan fingerprint density at radius 1 is 1.11 bits per heavy atom. The van der Waals surface area contributed by atoms with Crippen molar-refractivity contribution < 1.29 is 35.4 Å². The van der Waals surface area contributed by atoms with Crippen LogP contribution in [-0.2, 0) is 16.1 Å². The van der Waals surface area contributed by atoms with Crippen LogP contribution in [0.25, 0.3) is 0 Å². The molecule has 1 amide bonds. The minimum Gasteiger partial charge on any atom is -0.393 e. The highest BCUT2D eigenvalue weighted by Crippen LogP contribution is 2.38. The summed E-state index contributed by atoms with van der Waals surface area (Å²) in [6.07, 6.45) is 8.11. The number of hydrogen-bond donors (Lipinski definition) is 5. The molecule has 0 spiro atoms. The predicted molar refractivity (Wildman–Crippen MR) is 130 cm³/mol. The van der Waals surface area contributed by atoms with Crippen LogP contribution < -0.4 is 0 Å². The van der Waals surface area contributed by atoms with Crippen molar-refractivity contribution in [1.82, 2.24) is 10.3 Å². The molecule has 2 rings (SSSR count). The van der Waals surface area contributed by atoms with Crippen LogP contribution in [0.5, 0.6) is 0 Å². The second kappa shape index (κ2) is 16.0. The first kappa shape index (κ1) is 29.4. The van der Waals surface area contributed by atoms with Gasteiger partial charge in [-0.3, -0.25) is 15.2 Å². The SMILES string of the molecule is CN(CCON(O)O)C(=O)CCC/C=C\C[C@@H]1[C@@H](CC[C@@H](O)CCc2ccccc2)[C@H](O)C[C@@H]1O. The Kier molecular flexibility index (Phi) is 13.4. The lowest BCUT2D eigenvalue weighted by Crippen LogP contribution is -2.31. The van der Waals surface area contributed by atoms with Gasteiger partial charge in [0.2, 0.25) is 5.91 Å². The van der Waals surface area contributed by atoms with Gasteiger partial charge in [0, 0.05) is 20.0 Å². The molecular weight excluding hydrogens is 452 g/mol. The zero-order valence-corrected chi connectivity index (χ0v) is 20.7. The monoisotopic (exact) mass is 494 g/mol. The van der Waals surface area contributed by atoms with Crippen LogP contribution in [0.15, 0.2) is 42.5 Å². The summed E-state index contributed by atoms with van der Waals surface area (Å²) < 4.78 is 0. The molecule has 5 N–H and O–H groups in total. The van der Waals surface area contributed by atoms with E-state index >= 15 is 0 Å². The molecule has 1 aliphatic carbocycles. The van der Waals surface area contributed by atoms with Gasteiger partial charge >= 0.3 is 0 Å². The summed E-state index contributed by atoms with van der Waals surface area (Å²) in [5, 5.41) is 47.9. The highest BCUT2D eigenvalue weighted by Gasteiger charge is 2.40. The molecule has 1 aromatic rings. The molecule has 1 aromatic carbocycles. The van der Waals surface area contributed by atoms with Crippen molar-refractivity contribution >= 4 is 5.91 Å². The molecule has 0 heterocycles. The highest BCUT2D eigenvalue weighted by molar-refractivity contribution is 5.75. The van der Waals surface area contributed by atoms with E-state index < -0.39 is 18.3 Å². The van der Waals surface area contributed by atoms with Crippen LogP contribution in [0.2, 0.25) is 0 Å². The van der Waals surface area contributed by atoms with E-state index in [2.05, 4.69) is 17.0 Å². The van der Waals surface area contributed by atoms with E-state index in [1.807, 2.05) is 30.4 Å². The summed E-state index contributed by atoms with van der Waals surface area (Å²) >= 11 is 0. The first-order valence-corrected chi connectivity index (χ1v) is 12.6. The fourth-order valence-corrected chi connectivity index (χ4v) is 4.73. The van der Waals surface area contributed by atoms with Crippen LogP contribution in [0.3, 0.4) is 0 Å². The van der Waals surface area contributed by atoms with Crippen LogP contribution in [0, 0.1) is 11.8 Å². The minimum absolute atomic E-state index is 0.0179. The fraction of sp³-hybridized carbons (Fsp3) is 0.654. The Balaban J connectivity index is 1.66. The molecule has 0 saturated heterocycles. The molecule has 1 aliphatic rings. The Bertz CT molecular complexity index is 746. The summed E-state index contributed by atoms with van der Waals surface area (Å²) in [6, 6.07) is 10.1. The molecule has 0 aliphatic heterocycles. The minimum atomic E-state index is -0.550. The van der Waals surface area contributed by atoms with Crippen molar-refractivity contribution in [2.75, 3.05) is 20.2 Å². The number of aliphatic hydroxyl groups is 3. The van der Waals surface area contributed by atoms with Gasteiger partial charge in [0.05, 0.1) is 30.3 Å². The number of unbranched alkanes of at least 4 members (excludes halogenated alkanes) is 1. The van der Waals surface area contributed by atoms with Crippen molar-refractivity contribution in [1.29, 1.82) is 0 Å². The highest BCUT2D eigenvalue weighted by atomic mass is 17.1. The van der Waals surface area contributed by atoms with Gasteiger partial charge in [0.25, 0.3) is 0 Å². The Morgan fingerprint density at radius 2 is 1.83 bits per heavy atom. The number of benzene rings is 1.